The number of hydrogen-bond acceptors (Lipinski definition) is 4. The van der Waals surface area contributed by atoms with Gasteiger partial charge in [-0.1, -0.05) is 11.6 Å². The zero-order chi connectivity index (χ0) is 21.0. The normalized spacial score (nSPS) is 15.0. The van der Waals surface area contributed by atoms with Gasteiger partial charge in [-0.15, -0.1) is 0 Å². The van der Waals surface area contributed by atoms with Crippen LogP contribution in [-0.2, 0) is 16.0 Å². The molecule has 1 heterocycles. The van der Waals surface area contributed by atoms with Crippen molar-refractivity contribution >= 4 is 40.9 Å². The van der Waals surface area contributed by atoms with Gasteiger partial charge in [-0.25, -0.2) is 0 Å². The molecule has 6 nitrogen and oxygen atoms in total. The molecule has 29 heavy (non-hydrogen) atoms. The maximum Gasteiger partial charge on any atom is 0.248 e. The Morgan fingerprint density at radius 3 is 2.76 bits per heavy atom. The third-order valence-electron chi connectivity index (χ3n) is 4.29. The maximum absolute atomic E-state index is 12.5. The molecule has 1 aliphatic heterocycles. The summed E-state index contributed by atoms with van der Waals surface area (Å²) in [6.07, 6.45) is 4.04. The number of ether oxygens (including phenoxy) is 2. The molecular weight excluding hydrogens is 392 g/mol. The summed E-state index contributed by atoms with van der Waals surface area (Å²) >= 11 is 6.02. The molecule has 0 radical (unpaired) electrons. The average molecular weight is 415 g/mol. The van der Waals surface area contributed by atoms with Crippen molar-refractivity contribution in [3.8, 4) is 11.5 Å². The zero-order valence-electron chi connectivity index (χ0n) is 16.5. The van der Waals surface area contributed by atoms with Gasteiger partial charge in [-0.3, -0.25) is 9.59 Å². The number of nitrogens with one attached hydrogen (secondary N) is 2. The summed E-state index contributed by atoms with van der Waals surface area (Å²) in [5.41, 5.74) is 2.74. The third-order valence-corrected chi connectivity index (χ3v) is 4.53. The number of benzene rings is 2. The lowest BCUT2D eigenvalue weighted by atomic mass is 10.1. The van der Waals surface area contributed by atoms with Crippen LogP contribution >= 0.6 is 11.6 Å². The largest absolute Gasteiger partial charge is 0.493 e. The van der Waals surface area contributed by atoms with Crippen molar-refractivity contribution in [2.75, 3.05) is 17.2 Å². The Hall–Kier alpha value is -2.99. The molecule has 152 valence electrons. The Labute approximate surface area is 174 Å². The summed E-state index contributed by atoms with van der Waals surface area (Å²) in [6.45, 7) is 5.84. The molecule has 1 aliphatic rings. The molecule has 1 unspecified atom stereocenters. The summed E-state index contributed by atoms with van der Waals surface area (Å²) in [5.74, 6) is 0.904. The molecule has 0 bridgehead atoms. The monoisotopic (exact) mass is 414 g/mol. The number of halogens is 1. The molecule has 2 amide bonds. The van der Waals surface area contributed by atoms with E-state index in [0.29, 0.717) is 28.8 Å². The topological polar surface area (TPSA) is 76.7 Å². The van der Waals surface area contributed by atoms with E-state index in [0.717, 1.165) is 23.3 Å². The molecule has 0 spiro atoms. The van der Waals surface area contributed by atoms with E-state index < -0.39 is 0 Å². The van der Waals surface area contributed by atoms with Gasteiger partial charge >= 0.3 is 0 Å². The Kier molecular flexibility index (Phi) is 6.44. The van der Waals surface area contributed by atoms with Gasteiger partial charge in [0, 0.05) is 35.6 Å². The fourth-order valence-corrected chi connectivity index (χ4v) is 3.30. The van der Waals surface area contributed by atoms with Crippen LogP contribution in [0.3, 0.4) is 0 Å². The molecule has 2 aromatic carbocycles. The fraction of sp³-hybridized carbons (Fsp3) is 0.273. The van der Waals surface area contributed by atoms with E-state index in [-0.39, 0.29) is 17.9 Å². The van der Waals surface area contributed by atoms with E-state index in [1.54, 1.807) is 24.3 Å². The van der Waals surface area contributed by atoms with Gasteiger partial charge < -0.3 is 20.1 Å². The highest BCUT2D eigenvalue weighted by molar-refractivity contribution is 6.31. The number of amides is 2. The summed E-state index contributed by atoms with van der Waals surface area (Å²) in [6, 6.07) is 8.70. The lowest BCUT2D eigenvalue weighted by molar-refractivity contribution is -0.114. The molecule has 0 fully saturated rings. The van der Waals surface area contributed by atoms with E-state index in [9.17, 15) is 9.59 Å². The summed E-state index contributed by atoms with van der Waals surface area (Å²) in [5, 5.41) is 5.85. The maximum atomic E-state index is 12.5. The van der Waals surface area contributed by atoms with Gasteiger partial charge in [0.2, 0.25) is 11.8 Å². The Morgan fingerprint density at radius 1 is 1.24 bits per heavy atom. The summed E-state index contributed by atoms with van der Waals surface area (Å²) in [4.78, 5) is 23.8. The third kappa shape index (κ3) is 5.29. The van der Waals surface area contributed by atoms with Crippen molar-refractivity contribution in [2.24, 2.45) is 0 Å². The molecule has 7 heteroatoms. The van der Waals surface area contributed by atoms with Crippen molar-refractivity contribution in [1.29, 1.82) is 0 Å². The lowest BCUT2D eigenvalue weighted by Gasteiger charge is -2.11. The first kappa shape index (κ1) is 20.7. The van der Waals surface area contributed by atoms with Crippen LogP contribution in [0.2, 0.25) is 5.02 Å². The van der Waals surface area contributed by atoms with Gasteiger partial charge in [0.15, 0.2) is 0 Å². The summed E-state index contributed by atoms with van der Waals surface area (Å²) in [7, 11) is 0. The minimum absolute atomic E-state index is 0.122. The van der Waals surface area contributed by atoms with Crippen molar-refractivity contribution < 1.29 is 19.1 Å². The minimum atomic E-state index is -0.365. The second-order valence-corrected chi connectivity index (χ2v) is 7.19. The SMILES string of the molecule is CCOc1cc2c(cc1C=CC(=O)Nc1cc(Cl)ccc1NC(C)=O)OC(C)C2. The van der Waals surface area contributed by atoms with Gasteiger partial charge in [0.05, 0.1) is 18.0 Å². The van der Waals surface area contributed by atoms with Crippen LogP contribution in [0.15, 0.2) is 36.4 Å². The molecule has 0 aliphatic carbocycles. The Bertz CT molecular complexity index is 972. The van der Waals surface area contributed by atoms with E-state index in [1.165, 1.54) is 13.0 Å². The molecule has 0 aromatic heterocycles. The number of hydrogen-bond donors (Lipinski definition) is 2. The van der Waals surface area contributed by atoms with Gasteiger partial charge in [-0.2, -0.15) is 0 Å². The van der Waals surface area contributed by atoms with E-state index >= 15 is 0 Å². The summed E-state index contributed by atoms with van der Waals surface area (Å²) < 4.78 is 11.5. The predicted molar refractivity (Wildman–Crippen MR) is 115 cm³/mol. The van der Waals surface area contributed by atoms with E-state index in [1.807, 2.05) is 26.0 Å². The van der Waals surface area contributed by atoms with Crippen LogP contribution < -0.4 is 20.1 Å². The van der Waals surface area contributed by atoms with Crippen LogP contribution in [-0.4, -0.2) is 24.5 Å². The molecule has 2 aromatic rings. The Morgan fingerprint density at radius 2 is 2.03 bits per heavy atom. The smallest absolute Gasteiger partial charge is 0.248 e. The van der Waals surface area contributed by atoms with Crippen LogP contribution in [0.1, 0.15) is 31.9 Å². The first-order valence-corrected chi connectivity index (χ1v) is 9.76. The van der Waals surface area contributed by atoms with E-state index in [4.69, 9.17) is 21.1 Å². The number of rotatable bonds is 6. The first-order chi connectivity index (χ1) is 13.9. The predicted octanol–water partition coefficient (Wildman–Crippen LogP) is 4.67. The highest BCUT2D eigenvalue weighted by Crippen LogP contribution is 2.35. The van der Waals surface area contributed by atoms with Crippen molar-refractivity contribution in [2.45, 2.75) is 33.3 Å². The second-order valence-electron chi connectivity index (χ2n) is 6.76. The molecular formula is C22H23ClN2O4. The molecule has 3 rings (SSSR count). The van der Waals surface area contributed by atoms with Gasteiger partial charge in [-0.05, 0) is 50.3 Å². The van der Waals surface area contributed by atoms with Crippen LogP contribution in [0.25, 0.3) is 6.08 Å². The average Bonchev–Trinajstić information content (AvgIpc) is 3.01. The molecule has 0 saturated heterocycles. The van der Waals surface area contributed by atoms with Crippen LogP contribution in [0, 0.1) is 0 Å². The quantitative estimate of drug-likeness (QED) is 0.673. The highest BCUT2D eigenvalue weighted by atomic mass is 35.5. The van der Waals surface area contributed by atoms with Gasteiger partial charge in [0.25, 0.3) is 0 Å². The van der Waals surface area contributed by atoms with E-state index in [2.05, 4.69) is 10.6 Å². The van der Waals surface area contributed by atoms with Crippen molar-refractivity contribution in [3.05, 3.63) is 52.6 Å². The van der Waals surface area contributed by atoms with Crippen LogP contribution in [0.4, 0.5) is 11.4 Å². The highest BCUT2D eigenvalue weighted by Gasteiger charge is 2.21. The molecule has 0 saturated carbocycles. The van der Waals surface area contributed by atoms with Crippen LogP contribution in [0.5, 0.6) is 11.5 Å². The van der Waals surface area contributed by atoms with Gasteiger partial charge in [0.1, 0.15) is 17.6 Å². The number of anilines is 2. The molecule has 1 atom stereocenters. The number of fused-ring (bicyclic) bond motifs is 1. The zero-order valence-corrected chi connectivity index (χ0v) is 17.3. The first-order valence-electron chi connectivity index (χ1n) is 9.38. The number of carbonyl (C=O) groups excluding carboxylic acids is 2. The molecule has 2 N–H and O–H groups in total. The van der Waals surface area contributed by atoms with Crippen molar-refractivity contribution in [1.82, 2.24) is 0 Å². The number of carbonyl (C=O) groups is 2. The standard InChI is InChI=1S/C22H23ClN2O4/c1-4-28-20-11-16-9-13(2)29-21(16)10-15(20)5-8-22(27)25-19-12-17(23)6-7-18(19)24-14(3)26/h5-8,10-13H,4,9H2,1-3H3,(H,24,26)(H,25,27). The van der Waals surface area contributed by atoms with Crippen molar-refractivity contribution in [3.63, 3.8) is 0 Å². The second kappa shape index (κ2) is 9.01. The lowest BCUT2D eigenvalue weighted by Crippen LogP contribution is -2.13. The minimum Gasteiger partial charge on any atom is -0.493 e. The Balaban J connectivity index is 1.80. The fourth-order valence-electron chi connectivity index (χ4n) is 3.12.